The van der Waals surface area contributed by atoms with Crippen molar-refractivity contribution >= 4 is 17.3 Å². The van der Waals surface area contributed by atoms with E-state index < -0.39 is 0 Å². The molecule has 3 rings (SSSR count). The third kappa shape index (κ3) is 1.82. The molecule has 19 heavy (non-hydrogen) atoms. The first-order valence-corrected chi connectivity index (χ1v) is 5.48. The molecule has 0 amide bonds. The summed E-state index contributed by atoms with van der Waals surface area (Å²) in [4.78, 5) is 22.6. The van der Waals surface area contributed by atoms with Gasteiger partial charge < -0.3 is 4.42 Å². The molecule has 3 aromatic heterocycles. The minimum absolute atomic E-state index is 0.116. The van der Waals surface area contributed by atoms with Crippen molar-refractivity contribution in [2.24, 2.45) is 7.05 Å². The van der Waals surface area contributed by atoms with Gasteiger partial charge in [-0.1, -0.05) is 5.21 Å². The van der Waals surface area contributed by atoms with E-state index in [1.807, 2.05) is 0 Å². The normalized spacial score (nSPS) is 11.0. The predicted octanol–water partition coefficient (Wildman–Crippen LogP) is -0.0212. The summed E-state index contributed by atoms with van der Waals surface area (Å²) in [5.74, 6) is 0.667. The quantitative estimate of drug-likeness (QED) is 0.613. The van der Waals surface area contributed by atoms with Gasteiger partial charge in [0.15, 0.2) is 17.7 Å². The number of furan rings is 1. The summed E-state index contributed by atoms with van der Waals surface area (Å²) in [6.45, 7) is 0.116. The number of aryl methyl sites for hydroxylation is 1. The topological polar surface area (TPSA) is 95.8 Å². The molecule has 96 valence electrons. The van der Waals surface area contributed by atoms with E-state index in [4.69, 9.17) is 4.42 Å². The summed E-state index contributed by atoms with van der Waals surface area (Å²) in [6.07, 6.45) is 2.05. The van der Waals surface area contributed by atoms with Gasteiger partial charge in [-0.25, -0.2) is 9.36 Å². The second-order valence-electron chi connectivity index (χ2n) is 3.98. The molecule has 3 heterocycles. The zero-order valence-corrected chi connectivity index (χ0v) is 9.98. The van der Waals surface area contributed by atoms with Crippen LogP contribution in [0.5, 0.6) is 0 Å². The number of hydrogen-bond acceptors (Lipinski definition) is 6. The van der Waals surface area contributed by atoms with Crippen molar-refractivity contribution < 1.29 is 9.21 Å². The van der Waals surface area contributed by atoms with Crippen LogP contribution in [0.15, 0.2) is 27.5 Å². The fraction of sp³-hybridized carbons (Fsp3) is 0.182. The Bertz CT molecular complexity index is 813. The number of aldehydes is 1. The number of carbonyl (C=O) groups is 1. The summed E-state index contributed by atoms with van der Waals surface area (Å²) < 4.78 is 7.83. The highest BCUT2D eigenvalue weighted by molar-refractivity contribution is 5.72. The lowest BCUT2D eigenvalue weighted by Gasteiger charge is -2.00. The lowest BCUT2D eigenvalue weighted by molar-refractivity contribution is 0.109. The van der Waals surface area contributed by atoms with Crippen molar-refractivity contribution in [2.75, 3.05) is 0 Å². The van der Waals surface area contributed by atoms with Gasteiger partial charge in [0.2, 0.25) is 0 Å². The maximum absolute atomic E-state index is 12.1. The Morgan fingerprint density at radius 3 is 3.00 bits per heavy atom. The van der Waals surface area contributed by atoms with Crippen LogP contribution in [0, 0.1) is 0 Å². The van der Waals surface area contributed by atoms with Crippen LogP contribution in [-0.2, 0) is 13.6 Å². The summed E-state index contributed by atoms with van der Waals surface area (Å²) in [5, 5.41) is 12.1. The average molecular weight is 259 g/mol. The molecule has 8 nitrogen and oxygen atoms in total. The highest BCUT2D eigenvalue weighted by Crippen LogP contribution is 2.07. The molecule has 3 aromatic rings. The Balaban J connectivity index is 2.03. The monoisotopic (exact) mass is 259 g/mol. The highest BCUT2D eigenvalue weighted by atomic mass is 16.3. The van der Waals surface area contributed by atoms with Crippen LogP contribution in [-0.4, -0.2) is 31.1 Å². The molecule has 0 aliphatic carbocycles. The van der Waals surface area contributed by atoms with Gasteiger partial charge in [0.25, 0.3) is 5.56 Å². The zero-order chi connectivity index (χ0) is 13.4. The number of carbonyl (C=O) groups excluding carboxylic acids is 1. The van der Waals surface area contributed by atoms with E-state index in [2.05, 4.69) is 15.4 Å². The average Bonchev–Trinajstić information content (AvgIpc) is 3.00. The van der Waals surface area contributed by atoms with Crippen molar-refractivity contribution in [1.29, 1.82) is 0 Å². The molecule has 0 aliphatic rings. The van der Waals surface area contributed by atoms with Gasteiger partial charge in [-0.05, 0) is 12.1 Å². The van der Waals surface area contributed by atoms with Crippen LogP contribution >= 0.6 is 0 Å². The van der Waals surface area contributed by atoms with E-state index in [-0.39, 0.29) is 17.9 Å². The van der Waals surface area contributed by atoms with Gasteiger partial charge in [-0.2, -0.15) is 5.10 Å². The van der Waals surface area contributed by atoms with E-state index in [9.17, 15) is 9.59 Å². The van der Waals surface area contributed by atoms with E-state index in [0.29, 0.717) is 23.1 Å². The zero-order valence-electron chi connectivity index (χ0n) is 9.98. The second-order valence-corrected chi connectivity index (χ2v) is 3.98. The van der Waals surface area contributed by atoms with Crippen LogP contribution in [0.2, 0.25) is 0 Å². The molecule has 0 atom stereocenters. The van der Waals surface area contributed by atoms with Crippen LogP contribution in [0.1, 0.15) is 16.3 Å². The predicted molar refractivity (Wildman–Crippen MR) is 63.8 cm³/mol. The number of hydrogen-bond donors (Lipinski definition) is 0. The summed E-state index contributed by atoms with van der Waals surface area (Å²) in [6, 6.07) is 3.15. The minimum Gasteiger partial charge on any atom is -0.456 e. The van der Waals surface area contributed by atoms with Crippen molar-refractivity contribution in [1.82, 2.24) is 24.8 Å². The van der Waals surface area contributed by atoms with Gasteiger partial charge >= 0.3 is 0 Å². The fourth-order valence-corrected chi connectivity index (χ4v) is 1.77. The molecule has 0 radical (unpaired) electrons. The van der Waals surface area contributed by atoms with Gasteiger partial charge in [0.05, 0.1) is 6.20 Å². The Kier molecular flexibility index (Phi) is 2.48. The first-order valence-electron chi connectivity index (χ1n) is 5.48. The maximum atomic E-state index is 12.1. The Hall–Kier alpha value is -2.77. The molecular formula is C11H9N5O3. The van der Waals surface area contributed by atoms with E-state index in [1.54, 1.807) is 13.1 Å². The molecule has 0 N–H and O–H groups in total. The van der Waals surface area contributed by atoms with Crippen molar-refractivity contribution in [3.8, 4) is 0 Å². The maximum Gasteiger partial charge on any atom is 0.281 e. The minimum atomic E-state index is -0.304. The number of fused-ring (bicyclic) bond motifs is 1. The number of rotatable bonds is 3. The first-order chi connectivity index (χ1) is 9.19. The number of nitrogens with zero attached hydrogens (tertiary/aromatic N) is 5. The highest BCUT2D eigenvalue weighted by Gasteiger charge is 2.11. The van der Waals surface area contributed by atoms with Crippen LogP contribution in [0.25, 0.3) is 11.0 Å². The molecule has 0 unspecified atom stereocenters. The largest absolute Gasteiger partial charge is 0.456 e. The molecule has 0 bridgehead atoms. The van der Waals surface area contributed by atoms with Crippen molar-refractivity contribution in [3.63, 3.8) is 0 Å². The van der Waals surface area contributed by atoms with E-state index in [1.165, 1.54) is 16.9 Å². The lowest BCUT2D eigenvalue weighted by atomic mass is 10.4. The van der Waals surface area contributed by atoms with Crippen molar-refractivity contribution in [2.45, 2.75) is 6.54 Å². The smallest absolute Gasteiger partial charge is 0.281 e. The SMILES string of the molecule is Cn1ncc2c(=O)n(Cc3ccc(C=O)o3)nnc21. The molecule has 0 saturated carbocycles. The molecule has 0 fully saturated rings. The van der Waals surface area contributed by atoms with Crippen LogP contribution in [0.3, 0.4) is 0 Å². The van der Waals surface area contributed by atoms with Crippen molar-refractivity contribution in [3.05, 3.63) is 40.2 Å². The van der Waals surface area contributed by atoms with Gasteiger partial charge in [-0.15, -0.1) is 5.10 Å². The Morgan fingerprint density at radius 1 is 1.42 bits per heavy atom. The van der Waals surface area contributed by atoms with Gasteiger partial charge in [0, 0.05) is 7.05 Å². The van der Waals surface area contributed by atoms with Crippen LogP contribution in [0.4, 0.5) is 0 Å². The molecular weight excluding hydrogens is 250 g/mol. The van der Waals surface area contributed by atoms with E-state index in [0.717, 1.165) is 4.68 Å². The van der Waals surface area contributed by atoms with Crippen LogP contribution < -0.4 is 5.56 Å². The molecule has 0 saturated heterocycles. The van der Waals surface area contributed by atoms with E-state index >= 15 is 0 Å². The summed E-state index contributed by atoms with van der Waals surface area (Å²) in [7, 11) is 1.68. The second kappa shape index (κ2) is 4.16. The molecule has 0 aliphatic heterocycles. The molecule has 8 heteroatoms. The van der Waals surface area contributed by atoms with Gasteiger partial charge in [-0.3, -0.25) is 9.59 Å². The third-order valence-corrected chi connectivity index (χ3v) is 2.72. The summed E-state index contributed by atoms with van der Waals surface area (Å²) in [5.41, 5.74) is 0.122. The fourth-order valence-electron chi connectivity index (χ4n) is 1.77. The first kappa shape index (κ1) is 11.3. The standard InChI is InChI=1S/C11H9N5O3/c1-15-10-9(4-12-15)11(18)16(14-13-10)5-7-2-3-8(6-17)19-7/h2-4,6H,5H2,1H3. The summed E-state index contributed by atoms with van der Waals surface area (Å²) >= 11 is 0. The van der Waals surface area contributed by atoms with Gasteiger partial charge in [0.1, 0.15) is 17.7 Å². The third-order valence-electron chi connectivity index (χ3n) is 2.72. The molecule has 0 aromatic carbocycles. The Labute approximate surface area is 106 Å². The Morgan fingerprint density at radius 2 is 2.26 bits per heavy atom. The number of aromatic nitrogens is 5. The lowest BCUT2D eigenvalue weighted by Crippen LogP contribution is -2.24. The molecule has 0 spiro atoms.